The van der Waals surface area contributed by atoms with E-state index in [0.29, 0.717) is 22.0 Å². The van der Waals surface area contributed by atoms with Crippen LogP contribution < -0.4 is 10.9 Å². The number of halogens is 1. The van der Waals surface area contributed by atoms with Crippen molar-refractivity contribution in [3.05, 3.63) is 51.3 Å². The van der Waals surface area contributed by atoms with Crippen LogP contribution in [0.2, 0.25) is 0 Å². The number of nitrogens with one attached hydrogen (secondary N) is 2. The minimum Gasteiger partial charge on any atom is -0.507 e. The van der Waals surface area contributed by atoms with E-state index in [1.54, 1.807) is 13.0 Å². The molecule has 1 aromatic carbocycles. The zero-order valence-electron chi connectivity index (χ0n) is 12.1. The van der Waals surface area contributed by atoms with Crippen molar-refractivity contribution < 1.29 is 19.8 Å². The third kappa shape index (κ3) is 3.85. The van der Waals surface area contributed by atoms with Gasteiger partial charge in [0.2, 0.25) is 0 Å². The Morgan fingerprint density at radius 1 is 1.39 bits per heavy atom. The molecule has 4 N–H and O–H groups in total. The number of hydrogen-bond donors (Lipinski definition) is 4. The van der Waals surface area contributed by atoms with Crippen molar-refractivity contribution in [1.29, 1.82) is 0 Å². The van der Waals surface area contributed by atoms with Crippen LogP contribution in [-0.2, 0) is 6.54 Å². The van der Waals surface area contributed by atoms with Crippen molar-refractivity contribution in [3.63, 3.8) is 0 Å². The smallest absolute Gasteiger partial charge is 0.269 e. The molecule has 2 rings (SSSR count). The Morgan fingerprint density at radius 2 is 2.13 bits per heavy atom. The summed E-state index contributed by atoms with van der Waals surface area (Å²) in [5, 5.41) is 19.6. The number of aromatic nitrogens is 1. The highest BCUT2D eigenvalue weighted by Gasteiger charge is 2.14. The largest absolute Gasteiger partial charge is 0.507 e. The fourth-order valence-corrected chi connectivity index (χ4v) is 2.28. The van der Waals surface area contributed by atoms with E-state index < -0.39 is 5.91 Å². The maximum Gasteiger partial charge on any atom is 0.269 e. The third-order valence-electron chi connectivity index (χ3n) is 3.17. The van der Waals surface area contributed by atoms with Crippen molar-refractivity contribution in [2.24, 2.45) is 0 Å². The first-order chi connectivity index (χ1) is 10.9. The number of amides is 1. The summed E-state index contributed by atoms with van der Waals surface area (Å²) >= 11 is 3.22. The molecule has 8 heteroatoms. The summed E-state index contributed by atoms with van der Waals surface area (Å²) < 4.78 is 0.645. The summed E-state index contributed by atoms with van der Waals surface area (Å²) in [6.07, 6.45) is 1.92. The first-order valence-corrected chi connectivity index (χ1v) is 7.37. The molecule has 120 valence electrons. The van der Waals surface area contributed by atoms with Gasteiger partial charge >= 0.3 is 0 Å². The van der Waals surface area contributed by atoms with Gasteiger partial charge in [0.25, 0.3) is 5.91 Å². The zero-order chi connectivity index (χ0) is 17.0. The summed E-state index contributed by atoms with van der Waals surface area (Å²) in [5.74, 6) is -0.827. The molecule has 7 nitrogen and oxygen atoms in total. The lowest BCUT2D eigenvalue weighted by Gasteiger charge is -2.12. The number of nitrogens with zero attached hydrogens (tertiary/aromatic N) is 1. The van der Waals surface area contributed by atoms with Crippen molar-refractivity contribution in [2.45, 2.75) is 13.5 Å². The van der Waals surface area contributed by atoms with Crippen LogP contribution in [0.25, 0.3) is 0 Å². The maximum atomic E-state index is 12.0. The fourth-order valence-electron chi connectivity index (χ4n) is 1.92. The Balaban J connectivity index is 2.08. The van der Waals surface area contributed by atoms with Gasteiger partial charge in [0.1, 0.15) is 11.5 Å². The summed E-state index contributed by atoms with van der Waals surface area (Å²) in [4.78, 5) is 26.9. The summed E-state index contributed by atoms with van der Waals surface area (Å²) in [6, 6.07) is 4.46. The lowest BCUT2D eigenvalue weighted by atomic mass is 10.1. The topological polar surface area (TPSA) is 112 Å². The van der Waals surface area contributed by atoms with Gasteiger partial charge in [-0.1, -0.05) is 15.9 Å². The number of aromatic hydroxyl groups is 2. The minimum atomic E-state index is -0.554. The Kier molecular flexibility index (Phi) is 5.30. The number of carbonyl (C=O) groups excluding carboxylic acids is 2. The molecule has 0 atom stereocenters. The monoisotopic (exact) mass is 379 g/mol. The van der Waals surface area contributed by atoms with Gasteiger partial charge in [-0.3, -0.25) is 20.0 Å². The van der Waals surface area contributed by atoms with E-state index in [0.717, 1.165) is 0 Å². The molecule has 0 saturated heterocycles. The van der Waals surface area contributed by atoms with Crippen LogP contribution in [0.3, 0.4) is 0 Å². The summed E-state index contributed by atoms with van der Waals surface area (Å²) in [7, 11) is 0. The molecule has 0 unspecified atom stereocenters. The van der Waals surface area contributed by atoms with Crippen LogP contribution in [0.4, 0.5) is 0 Å². The van der Waals surface area contributed by atoms with Crippen molar-refractivity contribution in [3.8, 4) is 11.5 Å². The Labute approximate surface area is 140 Å². The highest BCUT2D eigenvalue weighted by Crippen LogP contribution is 2.23. The van der Waals surface area contributed by atoms with E-state index >= 15 is 0 Å². The number of phenolic OH excluding ortho intramolecular Hbond substituents is 1. The fraction of sp³-hybridized carbons (Fsp3) is 0.133. The van der Waals surface area contributed by atoms with E-state index in [2.05, 4.69) is 31.8 Å². The second-order valence-corrected chi connectivity index (χ2v) is 5.63. The van der Waals surface area contributed by atoms with Crippen LogP contribution in [0, 0.1) is 6.92 Å². The number of hydrazine groups is 1. The first kappa shape index (κ1) is 16.9. The van der Waals surface area contributed by atoms with Crippen molar-refractivity contribution in [2.75, 3.05) is 0 Å². The minimum absolute atomic E-state index is 0.0176. The van der Waals surface area contributed by atoms with Gasteiger partial charge < -0.3 is 10.2 Å². The molecule has 1 amide bonds. The number of rotatable bonds is 5. The number of aryl methyl sites for hydroxylation is 1. The molecule has 1 heterocycles. The number of hydrogen-bond acceptors (Lipinski definition) is 6. The van der Waals surface area contributed by atoms with Gasteiger partial charge in [-0.05, 0) is 25.1 Å². The van der Waals surface area contributed by atoms with Crippen LogP contribution in [0.15, 0.2) is 28.9 Å². The molecule has 0 radical (unpaired) electrons. The molecule has 23 heavy (non-hydrogen) atoms. The molecule has 0 saturated carbocycles. The predicted molar refractivity (Wildman–Crippen MR) is 86.1 cm³/mol. The normalized spacial score (nSPS) is 10.3. The number of benzene rings is 1. The average molecular weight is 380 g/mol. The zero-order valence-corrected chi connectivity index (χ0v) is 13.7. The SMILES string of the molecule is Cc1ncc(C=O)c(CNNC(=O)c2cc(Br)ccc2O)c1O. The lowest BCUT2D eigenvalue weighted by Crippen LogP contribution is -2.37. The first-order valence-electron chi connectivity index (χ1n) is 6.58. The quantitative estimate of drug-likeness (QED) is 0.465. The van der Waals surface area contributed by atoms with Crippen LogP contribution in [0.5, 0.6) is 11.5 Å². The molecule has 0 aliphatic carbocycles. The molecule has 0 bridgehead atoms. The van der Waals surface area contributed by atoms with Crippen LogP contribution in [0.1, 0.15) is 32.0 Å². The van der Waals surface area contributed by atoms with Gasteiger partial charge in [0.15, 0.2) is 6.29 Å². The van der Waals surface area contributed by atoms with Crippen LogP contribution in [-0.4, -0.2) is 27.4 Å². The molecular formula is C15H14BrN3O4. The number of carbonyl (C=O) groups is 2. The summed E-state index contributed by atoms with van der Waals surface area (Å²) in [5.41, 5.74) is 6.02. The van der Waals surface area contributed by atoms with E-state index in [1.807, 2.05) is 0 Å². The standard InChI is InChI=1S/C15H14BrN3O4/c1-8-14(22)12(9(7-20)5-17-8)6-18-19-15(23)11-4-10(16)2-3-13(11)21/h2-5,7,18,21-22H,6H2,1H3,(H,19,23). The molecule has 0 fully saturated rings. The molecular weight excluding hydrogens is 366 g/mol. The lowest BCUT2D eigenvalue weighted by molar-refractivity contribution is 0.0929. The number of aldehydes is 1. The highest BCUT2D eigenvalue weighted by molar-refractivity contribution is 9.10. The Morgan fingerprint density at radius 3 is 2.83 bits per heavy atom. The highest BCUT2D eigenvalue weighted by atomic mass is 79.9. The molecule has 0 aliphatic rings. The Bertz CT molecular complexity index is 765. The van der Waals surface area contributed by atoms with E-state index in [-0.39, 0.29) is 29.2 Å². The van der Waals surface area contributed by atoms with Gasteiger partial charge in [-0.15, -0.1) is 0 Å². The predicted octanol–water partition coefficient (Wildman–Crippen LogP) is 1.81. The van der Waals surface area contributed by atoms with Crippen molar-refractivity contribution in [1.82, 2.24) is 15.8 Å². The van der Waals surface area contributed by atoms with Gasteiger partial charge in [-0.2, -0.15) is 0 Å². The van der Waals surface area contributed by atoms with Gasteiger partial charge in [0, 0.05) is 28.3 Å². The molecule has 2 aromatic rings. The number of phenols is 1. The van der Waals surface area contributed by atoms with E-state index in [1.165, 1.54) is 18.3 Å². The van der Waals surface area contributed by atoms with Gasteiger partial charge in [0.05, 0.1) is 11.3 Å². The molecule has 0 spiro atoms. The number of pyridine rings is 1. The maximum absolute atomic E-state index is 12.0. The third-order valence-corrected chi connectivity index (χ3v) is 3.66. The van der Waals surface area contributed by atoms with Gasteiger partial charge in [-0.25, -0.2) is 5.43 Å². The molecule has 0 aliphatic heterocycles. The second kappa shape index (κ2) is 7.21. The summed E-state index contributed by atoms with van der Waals surface area (Å²) in [6.45, 7) is 1.62. The second-order valence-electron chi connectivity index (χ2n) is 4.71. The van der Waals surface area contributed by atoms with E-state index in [4.69, 9.17) is 0 Å². The van der Waals surface area contributed by atoms with E-state index in [9.17, 15) is 19.8 Å². The molecule has 1 aromatic heterocycles. The van der Waals surface area contributed by atoms with Crippen LogP contribution >= 0.6 is 15.9 Å². The van der Waals surface area contributed by atoms with Crippen molar-refractivity contribution >= 4 is 28.1 Å². The average Bonchev–Trinajstić information content (AvgIpc) is 2.53. The Hall–Kier alpha value is -2.45.